The van der Waals surface area contributed by atoms with E-state index in [1.165, 1.54) is 11.8 Å². The van der Waals surface area contributed by atoms with E-state index >= 15 is 0 Å². The third kappa shape index (κ3) is 4.26. The van der Waals surface area contributed by atoms with Crippen LogP contribution in [0.25, 0.3) is 0 Å². The number of aromatic nitrogens is 3. The van der Waals surface area contributed by atoms with E-state index in [9.17, 15) is 13.2 Å². The molecule has 128 valence electrons. The molecule has 1 aromatic heterocycles. The number of carbonyl (C=O) groups excluding carboxylic acids is 1. The van der Waals surface area contributed by atoms with Crippen LogP contribution in [0.4, 0.5) is 0 Å². The summed E-state index contributed by atoms with van der Waals surface area (Å²) < 4.78 is 25.0. The number of nitrogens with zero attached hydrogens (tertiary/aromatic N) is 3. The van der Waals surface area contributed by atoms with Gasteiger partial charge in [0.25, 0.3) is 0 Å². The van der Waals surface area contributed by atoms with Gasteiger partial charge in [0, 0.05) is 19.5 Å². The highest BCUT2D eigenvalue weighted by molar-refractivity contribution is 8.00. The second-order valence-corrected chi connectivity index (χ2v) is 10.0. The largest absolute Gasteiger partial charge is 0.352 e. The van der Waals surface area contributed by atoms with E-state index in [4.69, 9.17) is 0 Å². The summed E-state index contributed by atoms with van der Waals surface area (Å²) in [5.74, 6) is 1.45. The van der Waals surface area contributed by atoms with Gasteiger partial charge in [-0.15, -0.1) is 10.2 Å². The van der Waals surface area contributed by atoms with Crippen molar-refractivity contribution in [2.75, 3.05) is 11.5 Å². The number of nitrogens with one attached hydrogen (secondary N) is 1. The molecule has 3 rings (SSSR count). The Morgan fingerprint density at radius 1 is 1.39 bits per heavy atom. The van der Waals surface area contributed by atoms with Crippen LogP contribution >= 0.6 is 11.8 Å². The lowest BCUT2D eigenvalue weighted by Gasteiger charge is -2.11. The fourth-order valence-electron chi connectivity index (χ4n) is 2.67. The van der Waals surface area contributed by atoms with Gasteiger partial charge in [-0.2, -0.15) is 0 Å². The molecule has 0 radical (unpaired) electrons. The molecule has 0 unspecified atom stereocenters. The molecule has 23 heavy (non-hydrogen) atoms. The van der Waals surface area contributed by atoms with Gasteiger partial charge in [0.05, 0.1) is 16.8 Å². The lowest BCUT2D eigenvalue weighted by atomic mass is 10.1. The normalized spacial score (nSPS) is 24.5. The van der Waals surface area contributed by atoms with Crippen LogP contribution in [-0.2, 0) is 28.1 Å². The topological polar surface area (TPSA) is 93.9 Å². The van der Waals surface area contributed by atoms with Gasteiger partial charge in [0.15, 0.2) is 15.0 Å². The molecule has 1 aliphatic carbocycles. The molecule has 1 saturated carbocycles. The third-order valence-electron chi connectivity index (χ3n) is 4.30. The quantitative estimate of drug-likeness (QED) is 0.747. The second-order valence-electron chi connectivity index (χ2n) is 6.47. The molecule has 1 aromatic rings. The molecule has 0 bridgehead atoms. The van der Waals surface area contributed by atoms with E-state index in [1.54, 1.807) is 0 Å². The first-order valence-corrected chi connectivity index (χ1v) is 10.6. The van der Waals surface area contributed by atoms with Crippen LogP contribution in [-0.4, -0.2) is 51.9 Å². The number of hydrogen-bond acceptors (Lipinski definition) is 6. The Hall–Kier alpha value is -1.09. The zero-order valence-corrected chi connectivity index (χ0v) is 15.0. The number of rotatable bonds is 6. The van der Waals surface area contributed by atoms with Crippen LogP contribution in [0.5, 0.6) is 0 Å². The predicted octanol–water partition coefficient (Wildman–Crippen LogP) is 0.551. The SMILES string of the molecule is C[C@H](Sc1nnc(C[C@@H]2CCS(=O)(=O)C2)n1C)C(=O)NC1CC1. The van der Waals surface area contributed by atoms with Gasteiger partial charge in [-0.05, 0) is 32.1 Å². The minimum absolute atomic E-state index is 0.0314. The maximum Gasteiger partial charge on any atom is 0.233 e. The number of hydrogen-bond donors (Lipinski definition) is 1. The Balaban J connectivity index is 1.59. The van der Waals surface area contributed by atoms with Crippen LogP contribution in [0.1, 0.15) is 32.0 Å². The average molecular weight is 358 g/mol. The molecule has 2 heterocycles. The van der Waals surface area contributed by atoms with Crippen molar-refractivity contribution in [2.45, 2.75) is 49.1 Å². The summed E-state index contributed by atoms with van der Waals surface area (Å²) >= 11 is 1.39. The van der Waals surface area contributed by atoms with E-state index in [0.29, 0.717) is 24.0 Å². The van der Waals surface area contributed by atoms with Crippen molar-refractivity contribution >= 4 is 27.5 Å². The van der Waals surface area contributed by atoms with Crippen molar-refractivity contribution in [2.24, 2.45) is 13.0 Å². The molecule has 1 N–H and O–H groups in total. The maximum atomic E-state index is 12.0. The molecule has 0 spiro atoms. The average Bonchev–Trinajstić information content (AvgIpc) is 3.15. The fraction of sp³-hybridized carbons (Fsp3) is 0.786. The van der Waals surface area contributed by atoms with Crippen LogP contribution < -0.4 is 5.32 Å². The molecule has 2 fully saturated rings. The van der Waals surface area contributed by atoms with Crippen molar-refractivity contribution in [1.29, 1.82) is 0 Å². The lowest BCUT2D eigenvalue weighted by molar-refractivity contribution is -0.120. The van der Waals surface area contributed by atoms with Gasteiger partial charge in [0.2, 0.25) is 5.91 Å². The molecule has 2 aliphatic rings. The standard InChI is InChI=1S/C14H22N4O3S2/c1-9(13(19)15-11-3-4-11)22-14-17-16-12(18(14)2)7-10-5-6-23(20,21)8-10/h9-11H,3-8H2,1-2H3,(H,15,19)/t9-,10-/m0/s1. The molecule has 1 saturated heterocycles. The highest BCUT2D eigenvalue weighted by atomic mass is 32.2. The van der Waals surface area contributed by atoms with Gasteiger partial charge in [0.1, 0.15) is 5.82 Å². The maximum absolute atomic E-state index is 12.0. The molecule has 0 aromatic carbocycles. The van der Waals surface area contributed by atoms with E-state index in [0.717, 1.165) is 18.7 Å². The Kier molecular flexibility index (Phi) is 4.68. The van der Waals surface area contributed by atoms with Crippen molar-refractivity contribution in [3.05, 3.63) is 5.82 Å². The highest BCUT2D eigenvalue weighted by Crippen LogP contribution is 2.26. The molecule has 1 aliphatic heterocycles. The smallest absolute Gasteiger partial charge is 0.233 e. The Bertz CT molecular complexity index is 697. The van der Waals surface area contributed by atoms with Crippen LogP contribution in [0.3, 0.4) is 0 Å². The zero-order chi connectivity index (χ0) is 16.6. The van der Waals surface area contributed by atoms with Gasteiger partial charge in [-0.3, -0.25) is 4.79 Å². The van der Waals surface area contributed by atoms with E-state index in [2.05, 4.69) is 15.5 Å². The van der Waals surface area contributed by atoms with Gasteiger partial charge in [-0.1, -0.05) is 11.8 Å². The van der Waals surface area contributed by atoms with Crippen molar-refractivity contribution in [3.63, 3.8) is 0 Å². The number of thioether (sulfide) groups is 1. The highest BCUT2D eigenvalue weighted by Gasteiger charge is 2.30. The monoisotopic (exact) mass is 358 g/mol. The first-order chi connectivity index (χ1) is 10.8. The second kappa shape index (κ2) is 6.43. The Morgan fingerprint density at radius 3 is 2.74 bits per heavy atom. The summed E-state index contributed by atoms with van der Waals surface area (Å²) in [4.78, 5) is 12.0. The van der Waals surface area contributed by atoms with Crippen molar-refractivity contribution in [3.8, 4) is 0 Å². The Labute approximate surface area is 140 Å². The lowest BCUT2D eigenvalue weighted by Crippen LogP contribution is -2.32. The zero-order valence-electron chi connectivity index (χ0n) is 13.4. The van der Waals surface area contributed by atoms with E-state index < -0.39 is 9.84 Å². The molecular formula is C14H22N4O3S2. The van der Waals surface area contributed by atoms with Gasteiger partial charge in [-0.25, -0.2) is 8.42 Å². The van der Waals surface area contributed by atoms with Crippen molar-refractivity contribution in [1.82, 2.24) is 20.1 Å². The summed E-state index contributed by atoms with van der Waals surface area (Å²) in [6.45, 7) is 1.86. The van der Waals surface area contributed by atoms with E-state index in [1.807, 2.05) is 18.5 Å². The van der Waals surface area contributed by atoms with Crippen LogP contribution in [0.15, 0.2) is 5.16 Å². The number of amides is 1. The van der Waals surface area contributed by atoms with Gasteiger partial charge < -0.3 is 9.88 Å². The number of carbonyl (C=O) groups is 1. The summed E-state index contributed by atoms with van der Waals surface area (Å²) in [5, 5.41) is 11.8. The summed E-state index contributed by atoms with van der Waals surface area (Å²) in [6.07, 6.45) is 3.45. The first kappa shape index (κ1) is 16.8. The minimum atomic E-state index is -2.87. The van der Waals surface area contributed by atoms with Crippen LogP contribution in [0.2, 0.25) is 0 Å². The molecule has 2 atom stereocenters. The summed E-state index contributed by atoms with van der Waals surface area (Å²) in [5.41, 5.74) is 0. The minimum Gasteiger partial charge on any atom is -0.352 e. The fourth-order valence-corrected chi connectivity index (χ4v) is 5.38. The van der Waals surface area contributed by atoms with Gasteiger partial charge >= 0.3 is 0 Å². The molecular weight excluding hydrogens is 336 g/mol. The molecule has 9 heteroatoms. The third-order valence-corrected chi connectivity index (χ3v) is 7.27. The first-order valence-electron chi connectivity index (χ1n) is 7.90. The number of sulfone groups is 1. The summed E-state index contributed by atoms with van der Waals surface area (Å²) in [7, 11) is -1.01. The van der Waals surface area contributed by atoms with E-state index in [-0.39, 0.29) is 28.6 Å². The molecule has 1 amide bonds. The predicted molar refractivity (Wildman–Crippen MR) is 88.0 cm³/mol. The molecule has 7 nitrogen and oxygen atoms in total. The van der Waals surface area contributed by atoms with Crippen LogP contribution in [0, 0.1) is 5.92 Å². The van der Waals surface area contributed by atoms with Crippen molar-refractivity contribution < 1.29 is 13.2 Å². The Morgan fingerprint density at radius 2 is 2.13 bits per heavy atom. The summed E-state index contributed by atoms with van der Waals surface area (Å²) in [6, 6.07) is 0.352.